The highest BCUT2D eigenvalue weighted by Gasteiger charge is 2.22. The molecule has 32 heavy (non-hydrogen) atoms. The number of nitrogens with two attached hydrogens (primary N) is 3. The fourth-order valence-electron chi connectivity index (χ4n) is 3.08. The third-order valence-electron chi connectivity index (χ3n) is 4.98. The molecule has 9 nitrogen and oxygen atoms in total. The third kappa shape index (κ3) is 7.36. The van der Waals surface area contributed by atoms with Crippen molar-refractivity contribution < 1.29 is 19.1 Å². The van der Waals surface area contributed by atoms with Crippen molar-refractivity contribution in [1.29, 1.82) is 0 Å². The van der Waals surface area contributed by atoms with E-state index in [0.29, 0.717) is 32.2 Å². The van der Waals surface area contributed by atoms with Gasteiger partial charge in [0.15, 0.2) is 0 Å². The molecule has 2 aromatic carbocycles. The van der Waals surface area contributed by atoms with Gasteiger partial charge in [-0.2, -0.15) is 0 Å². The van der Waals surface area contributed by atoms with Crippen molar-refractivity contribution in [3.8, 4) is 0 Å². The number of carbonyl (C=O) groups excluding carboxylic acids is 3. The quantitative estimate of drug-likeness (QED) is 0.258. The maximum Gasteiger partial charge on any atom is 0.328 e. The molecule has 2 aromatic rings. The average Bonchev–Trinajstić information content (AvgIpc) is 2.81. The topological polar surface area (TPSA) is 163 Å². The van der Waals surface area contributed by atoms with Gasteiger partial charge in [-0.3, -0.25) is 9.59 Å². The van der Waals surface area contributed by atoms with E-state index >= 15 is 0 Å². The normalized spacial score (nSPS) is 12.5. The molecule has 0 aromatic heterocycles. The Kier molecular flexibility index (Phi) is 9.65. The predicted octanol–water partition coefficient (Wildman–Crippen LogP) is 1.18. The van der Waals surface area contributed by atoms with Crippen LogP contribution in [0.1, 0.15) is 35.2 Å². The first-order valence-corrected chi connectivity index (χ1v) is 10.4. The zero-order valence-electron chi connectivity index (χ0n) is 18.2. The van der Waals surface area contributed by atoms with Crippen molar-refractivity contribution in [1.82, 2.24) is 5.32 Å². The molecule has 0 spiro atoms. The van der Waals surface area contributed by atoms with Crippen molar-refractivity contribution in [3.05, 3.63) is 59.7 Å². The minimum absolute atomic E-state index is 0.231. The number of hydrogen-bond donors (Lipinski definition) is 5. The number of hydrogen-bond acceptors (Lipinski definition) is 7. The Balaban J connectivity index is 2.03. The lowest BCUT2D eigenvalue weighted by atomic mass is 10.0. The number of anilines is 2. The van der Waals surface area contributed by atoms with Crippen LogP contribution in [0.4, 0.5) is 11.4 Å². The second-order valence-electron chi connectivity index (χ2n) is 7.40. The number of rotatable bonds is 11. The summed E-state index contributed by atoms with van der Waals surface area (Å²) in [7, 11) is 1.25. The highest BCUT2D eigenvalue weighted by molar-refractivity contribution is 6.01. The number of amides is 2. The summed E-state index contributed by atoms with van der Waals surface area (Å²) in [6, 6.07) is 12.6. The van der Waals surface area contributed by atoms with Gasteiger partial charge in [0, 0.05) is 5.56 Å². The Bertz CT molecular complexity index is 920. The summed E-state index contributed by atoms with van der Waals surface area (Å²) in [5, 5.41) is 5.32. The Morgan fingerprint density at radius 3 is 2.44 bits per heavy atom. The molecule has 0 bridgehead atoms. The summed E-state index contributed by atoms with van der Waals surface area (Å²) in [6.07, 6.45) is 2.01. The molecule has 0 fully saturated rings. The van der Waals surface area contributed by atoms with Crippen LogP contribution in [-0.4, -0.2) is 43.5 Å². The summed E-state index contributed by atoms with van der Waals surface area (Å²) in [5.74, 6) is -1.46. The van der Waals surface area contributed by atoms with Crippen molar-refractivity contribution >= 4 is 29.2 Å². The maximum absolute atomic E-state index is 12.7. The van der Waals surface area contributed by atoms with Crippen LogP contribution >= 0.6 is 0 Å². The van der Waals surface area contributed by atoms with E-state index in [0.717, 1.165) is 5.56 Å². The number of nitrogen functional groups attached to an aromatic ring is 1. The van der Waals surface area contributed by atoms with Crippen molar-refractivity contribution in [3.63, 3.8) is 0 Å². The van der Waals surface area contributed by atoms with E-state index in [-0.39, 0.29) is 16.9 Å². The van der Waals surface area contributed by atoms with Crippen molar-refractivity contribution in [2.24, 2.45) is 11.5 Å². The fraction of sp³-hybridized carbons (Fsp3) is 0.348. The maximum atomic E-state index is 12.7. The standard InChI is InChI=1S/C23H31N5O4/c1-32-23(31)19(8-5-13-24)27-21(29)16-10-12-17(25)20(14-16)28-22(30)18(26)11-9-15-6-3-2-4-7-15/h2-4,6-7,10,12,14,18-19H,5,8-9,11,13,24-26H2,1H3,(H,27,29)(H,28,30)/t18-,19-/m0/s1. The Morgan fingerprint density at radius 2 is 1.78 bits per heavy atom. The number of nitrogens with one attached hydrogen (secondary N) is 2. The molecular formula is C23H31N5O4. The zero-order chi connectivity index (χ0) is 23.5. The molecule has 0 aliphatic carbocycles. The highest BCUT2D eigenvalue weighted by atomic mass is 16.5. The summed E-state index contributed by atoms with van der Waals surface area (Å²) >= 11 is 0. The summed E-state index contributed by atoms with van der Waals surface area (Å²) < 4.78 is 4.74. The van der Waals surface area contributed by atoms with Gasteiger partial charge in [-0.25, -0.2) is 4.79 Å². The lowest BCUT2D eigenvalue weighted by Crippen LogP contribution is -2.41. The molecule has 8 N–H and O–H groups in total. The molecule has 0 heterocycles. The number of benzene rings is 2. The zero-order valence-corrected chi connectivity index (χ0v) is 18.2. The monoisotopic (exact) mass is 441 g/mol. The number of carbonyl (C=O) groups is 3. The number of esters is 1. The van der Waals surface area contributed by atoms with Crippen LogP contribution in [0.25, 0.3) is 0 Å². The van der Waals surface area contributed by atoms with Gasteiger partial charge >= 0.3 is 5.97 Å². The predicted molar refractivity (Wildman–Crippen MR) is 124 cm³/mol. The smallest absolute Gasteiger partial charge is 0.328 e. The van der Waals surface area contributed by atoms with Crippen molar-refractivity contribution in [2.45, 2.75) is 37.8 Å². The number of methoxy groups -OCH3 is 1. The molecule has 0 unspecified atom stereocenters. The van der Waals surface area contributed by atoms with Gasteiger partial charge in [-0.15, -0.1) is 0 Å². The summed E-state index contributed by atoms with van der Waals surface area (Å²) in [6.45, 7) is 0.381. The first-order valence-electron chi connectivity index (χ1n) is 10.4. The molecule has 0 radical (unpaired) electrons. The van der Waals surface area contributed by atoms with Crippen LogP contribution in [0.5, 0.6) is 0 Å². The first kappa shape index (κ1) is 24.8. The number of aryl methyl sites for hydroxylation is 1. The third-order valence-corrected chi connectivity index (χ3v) is 4.98. The Hall–Kier alpha value is -3.43. The van der Waals surface area contributed by atoms with Crippen LogP contribution in [0, 0.1) is 0 Å². The van der Waals surface area contributed by atoms with E-state index in [1.165, 1.54) is 25.3 Å². The van der Waals surface area contributed by atoms with E-state index in [4.69, 9.17) is 21.9 Å². The highest BCUT2D eigenvalue weighted by Crippen LogP contribution is 2.21. The van der Waals surface area contributed by atoms with Crippen LogP contribution in [0.15, 0.2) is 48.5 Å². The molecule has 0 aliphatic rings. The lowest BCUT2D eigenvalue weighted by Gasteiger charge is -2.17. The van der Waals surface area contributed by atoms with Gasteiger partial charge in [0.05, 0.1) is 24.5 Å². The molecule has 9 heteroatoms. The van der Waals surface area contributed by atoms with Crippen molar-refractivity contribution in [2.75, 3.05) is 24.7 Å². The summed E-state index contributed by atoms with van der Waals surface area (Å²) in [4.78, 5) is 37.1. The van der Waals surface area contributed by atoms with E-state index in [9.17, 15) is 14.4 Å². The van der Waals surface area contributed by atoms with Crippen LogP contribution in [0.3, 0.4) is 0 Å². The molecule has 2 rings (SSSR count). The molecular weight excluding hydrogens is 410 g/mol. The first-order chi connectivity index (χ1) is 15.3. The van der Waals surface area contributed by atoms with E-state index in [1.807, 2.05) is 30.3 Å². The second-order valence-corrected chi connectivity index (χ2v) is 7.40. The largest absolute Gasteiger partial charge is 0.467 e. The Labute approximate surface area is 187 Å². The molecule has 0 saturated carbocycles. The van der Waals surface area contributed by atoms with Crippen LogP contribution in [0.2, 0.25) is 0 Å². The van der Waals surface area contributed by atoms with Gasteiger partial charge < -0.3 is 32.6 Å². The molecule has 0 aliphatic heterocycles. The van der Waals surface area contributed by atoms with Crippen LogP contribution < -0.4 is 27.8 Å². The van der Waals surface area contributed by atoms with Crippen LogP contribution in [-0.2, 0) is 20.7 Å². The number of ether oxygens (including phenoxy) is 1. The van der Waals surface area contributed by atoms with E-state index in [2.05, 4.69) is 10.6 Å². The average molecular weight is 442 g/mol. The van der Waals surface area contributed by atoms with Gasteiger partial charge in [-0.1, -0.05) is 30.3 Å². The molecule has 172 valence electrons. The minimum Gasteiger partial charge on any atom is -0.467 e. The van der Waals surface area contributed by atoms with Gasteiger partial charge in [0.1, 0.15) is 6.04 Å². The second kappa shape index (κ2) is 12.4. The van der Waals surface area contributed by atoms with Gasteiger partial charge in [-0.05, 0) is 56.0 Å². The molecule has 2 amide bonds. The van der Waals surface area contributed by atoms with E-state index < -0.39 is 29.9 Å². The summed E-state index contributed by atoms with van der Waals surface area (Å²) in [5.41, 5.74) is 19.4. The Morgan fingerprint density at radius 1 is 1.06 bits per heavy atom. The van der Waals surface area contributed by atoms with Gasteiger partial charge in [0.2, 0.25) is 5.91 Å². The fourth-order valence-corrected chi connectivity index (χ4v) is 3.08. The van der Waals surface area contributed by atoms with Gasteiger partial charge in [0.25, 0.3) is 5.91 Å². The SMILES string of the molecule is COC(=O)[C@H](CCCN)NC(=O)c1ccc(N)c(NC(=O)[C@@H](N)CCc2ccccc2)c1. The minimum atomic E-state index is -0.821. The van der Waals surface area contributed by atoms with E-state index in [1.54, 1.807) is 0 Å². The lowest BCUT2D eigenvalue weighted by molar-refractivity contribution is -0.143. The molecule has 2 atom stereocenters. The molecule has 0 saturated heterocycles.